The molecule has 152 valence electrons. The summed E-state index contributed by atoms with van der Waals surface area (Å²) < 4.78 is 18.4. The van der Waals surface area contributed by atoms with Crippen LogP contribution in [0.15, 0.2) is 15.3 Å². The second-order valence-electron chi connectivity index (χ2n) is 8.62. The molecule has 6 heteroatoms. The summed E-state index contributed by atoms with van der Waals surface area (Å²) in [6, 6.07) is 1.46. The van der Waals surface area contributed by atoms with Crippen LogP contribution in [0.4, 0.5) is 0 Å². The van der Waals surface area contributed by atoms with Gasteiger partial charge in [0.2, 0.25) is 0 Å². The standard InChI is InChI=1S/C23H24O6/c1-8-11(4)27-20-16-14(7-13(24)9(2)15(8)16)29-21-17(20)19(25)10(3)18-22(21)28-12(5)23(18,6)26/h7-8,11-12,25-26H,1-6H3/t8-,11-,12-,23+/m1/s1. The van der Waals surface area contributed by atoms with Crippen LogP contribution in [-0.4, -0.2) is 22.4 Å². The monoisotopic (exact) mass is 396 g/mol. The number of phenolic OH excluding ortho intramolecular Hbond substituents is 1. The number of aliphatic hydroxyl groups is 1. The van der Waals surface area contributed by atoms with Crippen molar-refractivity contribution in [3.63, 3.8) is 0 Å². The fraction of sp³-hybridized carbons (Fsp3) is 0.435. The molecular weight excluding hydrogens is 372 g/mol. The van der Waals surface area contributed by atoms with E-state index < -0.39 is 11.7 Å². The molecule has 2 N–H and O–H groups in total. The smallest absolute Gasteiger partial charge is 0.185 e. The van der Waals surface area contributed by atoms with Crippen molar-refractivity contribution >= 4 is 11.0 Å². The molecule has 4 atom stereocenters. The highest BCUT2D eigenvalue weighted by atomic mass is 16.5. The summed E-state index contributed by atoms with van der Waals surface area (Å²) in [6.07, 6.45) is -0.709. The Morgan fingerprint density at radius 2 is 1.76 bits per heavy atom. The molecule has 0 aromatic heterocycles. The van der Waals surface area contributed by atoms with Gasteiger partial charge >= 0.3 is 0 Å². The number of rotatable bonds is 0. The number of benzene rings is 2. The maximum Gasteiger partial charge on any atom is 0.185 e. The van der Waals surface area contributed by atoms with Crippen LogP contribution in [0.25, 0.3) is 22.3 Å². The molecule has 1 aromatic rings. The Morgan fingerprint density at radius 3 is 2.45 bits per heavy atom. The molecule has 3 heterocycles. The number of aromatic hydroxyl groups is 1. The minimum absolute atomic E-state index is 0.00113. The maximum absolute atomic E-state index is 12.6. The molecule has 4 aliphatic rings. The third kappa shape index (κ3) is 2.07. The molecule has 29 heavy (non-hydrogen) atoms. The largest absolute Gasteiger partial charge is 0.507 e. The third-order valence-electron chi connectivity index (χ3n) is 6.90. The lowest BCUT2D eigenvalue weighted by atomic mass is 9.82. The van der Waals surface area contributed by atoms with Gasteiger partial charge in [0, 0.05) is 28.7 Å². The van der Waals surface area contributed by atoms with Gasteiger partial charge in [-0.05, 0) is 40.2 Å². The van der Waals surface area contributed by atoms with Crippen LogP contribution in [-0.2, 0) is 5.60 Å². The average Bonchev–Trinajstić information content (AvgIpc) is 2.89. The molecular formula is C23H24O6. The SMILES string of the molecule is Cc1c2c(c3oc4cc(=O)c(C)c5c-4c(c3c1O)O[C@H](C)[C@H]5C)O[C@H](C)[C@]2(C)O. The molecule has 0 saturated heterocycles. The Hall–Kier alpha value is -2.73. The summed E-state index contributed by atoms with van der Waals surface area (Å²) in [5.74, 6) is 1.27. The molecule has 3 aliphatic heterocycles. The second kappa shape index (κ2) is 5.45. The van der Waals surface area contributed by atoms with E-state index in [4.69, 9.17) is 13.9 Å². The molecule has 0 unspecified atom stereocenters. The van der Waals surface area contributed by atoms with E-state index in [1.54, 1.807) is 20.8 Å². The van der Waals surface area contributed by atoms with Crippen molar-refractivity contribution in [2.75, 3.05) is 0 Å². The molecule has 5 rings (SSSR count). The van der Waals surface area contributed by atoms with Gasteiger partial charge in [-0.25, -0.2) is 0 Å². The molecule has 0 bridgehead atoms. The van der Waals surface area contributed by atoms with Crippen LogP contribution >= 0.6 is 0 Å². The van der Waals surface area contributed by atoms with Gasteiger partial charge in [0.1, 0.15) is 40.5 Å². The van der Waals surface area contributed by atoms with Crippen molar-refractivity contribution in [1.82, 2.24) is 0 Å². The van der Waals surface area contributed by atoms with Gasteiger partial charge in [-0.3, -0.25) is 4.79 Å². The highest BCUT2D eigenvalue weighted by Gasteiger charge is 2.46. The van der Waals surface area contributed by atoms with Crippen molar-refractivity contribution in [2.24, 2.45) is 0 Å². The van der Waals surface area contributed by atoms with E-state index in [1.807, 2.05) is 20.8 Å². The van der Waals surface area contributed by atoms with Crippen LogP contribution in [0, 0.1) is 13.8 Å². The minimum Gasteiger partial charge on any atom is -0.507 e. The number of hydrogen-bond donors (Lipinski definition) is 2. The Kier molecular flexibility index (Phi) is 3.44. The normalized spacial score (nSPS) is 27.8. The van der Waals surface area contributed by atoms with Crippen molar-refractivity contribution < 1.29 is 24.1 Å². The highest BCUT2D eigenvalue weighted by Crippen LogP contribution is 2.57. The third-order valence-corrected chi connectivity index (χ3v) is 6.90. The van der Waals surface area contributed by atoms with Crippen molar-refractivity contribution in [3.8, 4) is 28.6 Å². The van der Waals surface area contributed by atoms with Gasteiger partial charge in [-0.1, -0.05) is 6.92 Å². The van der Waals surface area contributed by atoms with E-state index in [0.29, 0.717) is 44.9 Å². The molecule has 1 aromatic carbocycles. The molecule has 0 amide bonds. The highest BCUT2D eigenvalue weighted by molar-refractivity contribution is 6.02. The van der Waals surface area contributed by atoms with Crippen LogP contribution < -0.4 is 14.9 Å². The predicted molar refractivity (Wildman–Crippen MR) is 108 cm³/mol. The first-order chi connectivity index (χ1) is 13.6. The molecule has 1 aliphatic carbocycles. The summed E-state index contributed by atoms with van der Waals surface area (Å²) in [4.78, 5) is 12.6. The van der Waals surface area contributed by atoms with E-state index in [0.717, 1.165) is 5.56 Å². The number of hydrogen-bond acceptors (Lipinski definition) is 6. The fourth-order valence-electron chi connectivity index (χ4n) is 4.85. The predicted octanol–water partition coefficient (Wildman–Crippen LogP) is 4.09. The van der Waals surface area contributed by atoms with Gasteiger partial charge in [-0.15, -0.1) is 0 Å². The van der Waals surface area contributed by atoms with Crippen LogP contribution in [0.5, 0.6) is 17.2 Å². The van der Waals surface area contributed by atoms with Crippen LogP contribution in [0.2, 0.25) is 0 Å². The zero-order valence-corrected chi connectivity index (χ0v) is 17.3. The lowest BCUT2D eigenvalue weighted by molar-refractivity contribution is -0.0154. The van der Waals surface area contributed by atoms with E-state index >= 15 is 0 Å². The maximum atomic E-state index is 12.6. The second-order valence-corrected chi connectivity index (χ2v) is 8.62. The average molecular weight is 396 g/mol. The topological polar surface area (TPSA) is 89.1 Å². The van der Waals surface area contributed by atoms with Crippen molar-refractivity contribution in [2.45, 2.75) is 65.3 Å². The first kappa shape index (κ1) is 18.3. The van der Waals surface area contributed by atoms with Gasteiger partial charge in [0.25, 0.3) is 0 Å². The summed E-state index contributed by atoms with van der Waals surface area (Å²) in [7, 11) is 0. The first-order valence-corrected chi connectivity index (χ1v) is 9.91. The Labute approximate surface area is 168 Å². The Morgan fingerprint density at radius 1 is 1.07 bits per heavy atom. The van der Waals surface area contributed by atoms with E-state index in [-0.39, 0.29) is 28.8 Å². The Balaban J connectivity index is 2.04. The summed E-state index contributed by atoms with van der Waals surface area (Å²) in [5, 5.41) is 22.5. The minimum atomic E-state index is -1.28. The van der Waals surface area contributed by atoms with Gasteiger partial charge in [0.05, 0.1) is 5.56 Å². The fourth-order valence-corrected chi connectivity index (χ4v) is 4.85. The lowest BCUT2D eigenvalue weighted by Gasteiger charge is -2.33. The van der Waals surface area contributed by atoms with Gasteiger partial charge in [0.15, 0.2) is 16.8 Å². The van der Waals surface area contributed by atoms with E-state index in [1.165, 1.54) is 6.07 Å². The number of phenols is 1. The Bertz CT molecular complexity index is 1230. The zero-order valence-electron chi connectivity index (χ0n) is 17.3. The van der Waals surface area contributed by atoms with Crippen LogP contribution in [0.3, 0.4) is 0 Å². The van der Waals surface area contributed by atoms with Crippen LogP contribution in [0.1, 0.15) is 55.9 Å². The zero-order chi connectivity index (χ0) is 21.0. The summed E-state index contributed by atoms with van der Waals surface area (Å²) in [6.45, 7) is 11.0. The van der Waals surface area contributed by atoms with E-state index in [2.05, 4.69) is 0 Å². The summed E-state index contributed by atoms with van der Waals surface area (Å²) in [5.41, 5.74) is 2.21. The lowest BCUT2D eigenvalue weighted by Crippen LogP contribution is -2.32. The molecule has 0 spiro atoms. The molecule has 6 nitrogen and oxygen atoms in total. The number of fused-ring (bicyclic) bond motifs is 4. The van der Waals surface area contributed by atoms with Gasteiger partial charge in [-0.2, -0.15) is 0 Å². The van der Waals surface area contributed by atoms with Crippen molar-refractivity contribution in [3.05, 3.63) is 38.5 Å². The summed E-state index contributed by atoms with van der Waals surface area (Å²) >= 11 is 0. The van der Waals surface area contributed by atoms with E-state index in [9.17, 15) is 15.0 Å². The molecule has 0 saturated carbocycles. The molecule has 0 radical (unpaired) electrons. The first-order valence-electron chi connectivity index (χ1n) is 9.91. The van der Waals surface area contributed by atoms with Gasteiger partial charge < -0.3 is 24.1 Å². The van der Waals surface area contributed by atoms with Crippen molar-refractivity contribution in [1.29, 1.82) is 0 Å². The quantitative estimate of drug-likeness (QED) is 0.556. The molecule has 0 fully saturated rings. The number of ether oxygens (including phenoxy) is 2.